The van der Waals surface area contributed by atoms with E-state index in [0.717, 1.165) is 11.1 Å². The van der Waals surface area contributed by atoms with Crippen LogP contribution in [0.4, 0.5) is 5.82 Å². The molecule has 1 heterocycles. The third-order valence-electron chi connectivity index (χ3n) is 4.21. The molecule has 2 aromatic carbocycles. The summed E-state index contributed by atoms with van der Waals surface area (Å²) in [4.78, 5) is 21.4. The van der Waals surface area contributed by atoms with Crippen LogP contribution in [0.3, 0.4) is 0 Å². The van der Waals surface area contributed by atoms with Crippen LogP contribution in [0, 0.1) is 0 Å². The lowest BCUT2D eigenvalue weighted by Gasteiger charge is -2.11. The first-order valence-electron chi connectivity index (χ1n) is 9.22. The van der Waals surface area contributed by atoms with Crippen LogP contribution >= 0.6 is 0 Å². The van der Waals surface area contributed by atoms with Crippen molar-refractivity contribution >= 4 is 17.4 Å². The topological polar surface area (TPSA) is 96.5 Å². The number of nitrogens with zero attached hydrogens (tertiary/aromatic N) is 4. The predicted octanol–water partition coefficient (Wildman–Crippen LogP) is 2.94. The smallest absolute Gasteiger partial charge is 0.251 e. The van der Waals surface area contributed by atoms with Crippen molar-refractivity contribution in [3.05, 3.63) is 77.6 Å². The van der Waals surface area contributed by atoms with Crippen molar-refractivity contribution in [2.75, 3.05) is 19.8 Å². The summed E-state index contributed by atoms with van der Waals surface area (Å²) in [7, 11) is 3.66. The van der Waals surface area contributed by atoms with E-state index in [1.54, 1.807) is 23.3 Å². The summed E-state index contributed by atoms with van der Waals surface area (Å²) in [6, 6.07) is 17.1. The highest BCUT2D eigenvalue weighted by molar-refractivity contribution is 6.01. The second-order valence-corrected chi connectivity index (χ2v) is 6.77. The van der Waals surface area contributed by atoms with E-state index >= 15 is 0 Å². The van der Waals surface area contributed by atoms with Gasteiger partial charge in [-0.1, -0.05) is 42.5 Å². The number of anilines is 1. The van der Waals surface area contributed by atoms with E-state index in [-0.39, 0.29) is 5.91 Å². The van der Waals surface area contributed by atoms with Crippen molar-refractivity contribution in [1.82, 2.24) is 20.3 Å². The van der Waals surface area contributed by atoms with E-state index in [9.17, 15) is 4.79 Å². The highest BCUT2D eigenvalue weighted by atomic mass is 16.1. The molecule has 0 bridgehead atoms. The Morgan fingerprint density at radius 2 is 1.90 bits per heavy atom. The summed E-state index contributed by atoms with van der Waals surface area (Å²) >= 11 is 0. The molecule has 0 aliphatic carbocycles. The Labute approximate surface area is 170 Å². The van der Waals surface area contributed by atoms with Crippen LogP contribution in [0.2, 0.25) is 0 Å². The van der Waals surface area contributed by atoms with Gasteiger partial charge >= 0.3 is 0 Å². The maximum absolute atomic E-state index is 12.6. The van der Waals surface area contributed by atoms with Gasteiger partial charge in [-0.3, -0.25) is 4.79 Å². The number of rotatable bonds is 6. The quantitative estimate of drug-likeness (QED) is 0.500. The maximum Gasteiger partial charge on any atom is 0.251 e. The molecule has 0 unspecified atom stereocenters. The largest absolute Gasteiger partial charge is 0.382 e. The molecule has 0 atom stereocenters. The van der Waals surface area contributed by atoms with E-state index in [4.69, 9.17) is 5.73 Å². The number of amides is 1. The van der Waals surface area contributed by atoms with Gasteiger partial charge in [0, 0.05) is 31.8 Å². The molecule has 3 N–H and O–H groups in total. The number of nitrogen functional groups attached to an aromatic ring is 1. The van der Waals surface area contributed by atoms with Crippen LogP contribution in [0.15, 0.2) is 65.9 Å². The Kier molecular flexibility index (Phi) is 6.19. The molecule has 1 aromatic heterocycles. The Bertz CT molecular complexity index is 1030. The van der Waals surface area contributed by atoms with Gasteiger partial charge in [0.05, 0.1) is 17.6 Å². The van der Waals surface area contributed by atoms with Gasteiger partial charge in [0.25, 0.3) is 5.91 Å². The minimum atomic E-state index is -0.148. The second kappa shape index (κ2) is 8.97. The standard InChI is InChI=1S/C22H24N6O/c1-15(27-28(2)3)20-21(23)24-14-19(26-20)17-10-7-11-18(12-17)22(29)25-13-16-8-5-4-6-9-16/h4-12,14H,13H2,1-3H3,(H2,23,24)(H,25,29). The van der Waals surface area contributed by atoms with E-state index in [1.807, 2.05) is 63.5 Å². The Balaban J connectivity index is 1.83. The predicted molar refractivity (Wildman–Crippen MR) is 115 cm³/mol. The van der Waals surface area contributed by atoms with Crippen molar-refractivity contribution < 1.29 is 4.79 Å². The van der Waals surface area contributed by atoms with Gasteiger partial charge < -0.3 is 16.1 Å². The first kappa shape index (κ1) is 20.0. The van der Waals surface area contributed by atoms with Gasteiger partial charge in [-0.2, -0.15) is 5.10 Å². The lowest BCUT2D eigenvalue weighted by atomic mass is 10.1. The van der Waals surface area contributed by atoms with Crippen LogP contribution in [0.5, 0.6) is 0 Å². The molecule has 7 heteroatoms. The zero-order valence-corrected chi connectivity index (χ0v) is 16.8. The zero-order chi connectivity index (χ0) is 20.8. The molecule has 0 aliphatic rings. The van der Waals surface area contributed by atoms with E-state index in [0.29, 0.717) is 35.0 Å². The number of aromatic nitrogens is 2. The van der Waals surface area contributed by atoms with Gasteiger partial charge in [-0.25, -0.2) is 9.97 Å². The van der Waals surface area contributed by atoms with Crippen LogP contribution in [-0.4, -0.2) is 40.7 Å². The van der Waals surface area contributed by atoms with E-state index < -0.39 is 0 Å². The fourth-order valence-corrected chi connectivity index (χ4v) is 2.85. The number of hydrazone groups is 1. The minimum Gasteiger partial charge on any atom is -0.382 e. The Morgan fingerprint density at radius 1 is 1.14 bits per heavy atom. The van der Waals surface area contributed by atoms with Crippen molar-refractivity contribution in [2.45, 2.75) is 13.5 Å². The first-order chi connectivity index (χ1) is 13.9. The van der Waals surface area contributed by atoms with Crippen molar-refractivity contribution in [1.29, 1.82) is 0 Å². The number of benzene rings is 2. The summed E-state index contributed by atoms with van der Waals surface area (Å²) in [5.74, 6) is 0.165. The number of carbonyl (C=O) groups is 1. The van der Waals surface area contributed by atoms with Gasteiger partial charge in [-0.05, 0) is 24.6 Å². The summed E-state index contributed by atoms with van der Waals surface area (Å²) in [6.07, 6.45) is 1.60. The average Bonchev–Trinajstić information content (AvgIpc) is 2.72. The average molecular weight is 388 g/mol. The zero-order valence-electron chi connectivity index (χ0n) is 16.8. The third-order valence-corrected chi connectivity index (χ3v) is 4.21. The van der Waals surface area contributed by atoms with Crippen LogP contribution in [0.25, 0.3) is 11.3 Å². The van der Waals surface area contributed by atoms with Crippen LogP contribution in [0.1, 0.15) is 28.5 Å². The molecule has 7 nitrogen and oxygen atoms in total. The van der Waals surface area contributed by atoms with Crippen molar-refractivity contribution in [2.24, 2.45) is 5.10 Å². The van der Waals surface area contributed by atoms with Gasteiger partial charge in [-0.15, -0.1) is 0 Å². The van der Waals surface area contributed by atoms with Crippen molar-refractivity contribution in [3.8, 4) is 11.3 Å². The molecule has 148 valence electrons. The van der Waals surface area contributed by atoms with Gasteiger partial charge in [0.15, 0.2) is 5.82 Å². The highest BCUT2D eigenvalue weighted by Crippen LogP contribution is 2.20. The van der Waals surface area contributed by atoms with Crippen LogP contribution < -0.4 is 11.1 Å². The third kappa shape index (κ3) is 5.16. The summed E-state index contributed by atoms with van der Waals surface area (Å²) < 4.78 is 0. The molecule has 3 aromatic rings. The number of nitrogens with one attached hydrogen (secondary N) is 1. The number of hydrogen-bond donors (Lipinski definition) is 2. The summed E-state index contributed by atoms with van der Waals surface area (Å²) in [6.45, 7) is 2.30. The van der Waals surface area contributed by atoms with E-state index in [1.165, 1.54) is 0 Å². The molecule has 1 amide bonds. The highest BCUT2D eigenvalue weighted by Gasteiger charge is 2.12. The fourth-order valence-electron chi connectivity index (χ4n) is 2.85. The molecule has 0 saturated heterocycles. The molecule has 3 rings (SSSR count). The molecular weight excluding hydrogens is 364 g/mol. The lowest BCUT2D eigenvalue weighted by molar-refractivity contribution is 0.0951. The number of hydrogen-bond acceptors (Lipinski definition) is 6. The molecule has 0 saturated carbocycles. The molecule has 0 fully saturated rings. The maximum atomic E-state index is 12.6. The fraction of sp³-hybridized carbons (Fsp3) is 0.182. The Morgan fingerprint density at radius 3 is 2.62 bits per heavy atom. The molecule has 0 spiro atoms. The van der Waals surface area contributed by atoms with Crippen molar-refractivity contribution in [3.63, 3.8) is 0 Å². The molecule has 0 aliphatic heterocycles. The first-order valence-corrected chi connectivity index (χ1v) is 9.22. The summed E-state index contributed by atoms with van der Waals surface area (Å²) in [5, 5.41) is 8.96. The van der Waals surface area contributed by atoms with Crippen LogP contribution in [-0.2, 0) is 6.54 Å². The summed E-state index contributed by atoms with van der Waals surface area (Å²) in [5.41, 5.74) is 10.2. The van der Waals surface area contributed by atoms with Gasteiger partial charge in [0.2, 0.25) is 0 Å². The number of carbonyl (C=O) groups excluding carboxylic acids is 1. The van der Waals surface area contributed by atoms with E-state index in [2.05, 4.69) is 20.4 Å². The molecule has 0 radical (unpaired) electrons. The lowest BCUT2D eigenvalue weighted by Crippen LogP contribution is -2.22. The minimum absolute atomic E-state index is 0.148. The molecular formula is C22H24N6O. The SMILES string of the molecule is CC(=NN(C)C)c1nc(-c2cccc(C(=O)NCc3ccccc3)c2)cnc1N. The van der Waals surface area contributed by atoms with Gasteiger partial charge in [0.1, 0.15) is 5.69 Å². The molecule has 29 heavy (non-hydrogen) atoms. The number of nitrogens with two attached hydrogens (primary N) is 1. The Hall–Kier alpha value is -3.74. The normalized spacial score (nSPS) is 11.2. The second-order valence-electron chi connectivity index (χ2n) is 6.77. The monoisotopic (exact) mass is 388 g/mol.